The summed E-state index contributed by atoms with van der Waals surface area (Å²) < 4.78 is 34.5. The molecule has 29 heavy (non-hydrogen) atoms. The Bertz CT molecular complexity index is 1270. The maximum atomic E-state index is 12.5. The number of aryl methyl sites for hydroxylation is 1. The normalized spacial score (nSPS) is 11.6. The largest absolute Gasteiger partial charge is 2.00 e. The zero-order valence-electron chi connectivity index (χ0n) is 15.5. The van der Waals surface area contributed by atoms with E-state index in [0.717, 1.165) is 12.1 Å². The van der Waals surface area contributed by atoms with Crippen LogP contribution in [0.5, 0.6) is 5.75 Å². The number of carboxylic acids is 1. The van der Waals surface area contributed by atoms with Crippen LogP contribution in [0.3, 0.4) is 0 Å². The number of carbonyl (C=O) groups is 1. The van der Waals surface area contributed by atoms with Gasteiger partial charge in [0, 0.05) is 10.4 Å². The Kier molecular flexibility index (Phi) is 6.67. The van der Waals surface area contributed by atoms with Gasteiger partial charge in [-0.2, -0.15) is 5.11 Å². The summed E-state index contributed by atoms with van der Waals surface area (Å²) >= 11 is 5.87. The standard InChI is InChI=1S/C18H13ClN2O6S.Mn/c1-9-6-14(15(8-13(9)19)28(25,26)27)20-21-16-11-5-3-2-4-10(11)7-12(17(16)22)18(23)24;/h2-8,22H,1H3,(H,23,24)(H,25,26,27);/q;+2/p-2. The van der Waals surface area contributed by atoms with Crippen molar-refractivity contribution in [2.45, 2.75) is 11.8 Å². The fourth-order valence-electron chi connectivity index (χ4n) is 2.59. The van der Waals surface area contributed by atoms with E-state index in [1.807, 2.05) is 0 Å². The summed E-state index contributed by atoms with van der Waals surface area (Å²) in [6.45, 7) is 1.56. The summed E-state index contributed by atoms with van der Waals surface area (Å²) in [7, 11) is -4.92. The molecular weight excluding hydrogens is 463 g/mol. The van der Waals surface area contributed by atoms with Crippen molar-refractivity contribution in [3.05, 3.63) is 58.6 Å². The summed E-state index contributed by atoms with van der Waals surface area (Å²) in [6.07, 6.45) is 0. The van der Waals surface area contributed by atoms with Crippen LogP contribution < -0.4 is 10.2 Å². The van der Waals surface area contributed by atoms with Gasteiger partial charge in [-0.05, 0) is 41.6 Å². The van der Waals surface area contributed by atoms with Crippen molar-refractivity contribution in [1.29, 1.82) is 0 Å². The monoisotopic (exact) mass is 473 g/mol. The van der Waals surface area contributed by atoms with Gasteiger partial charge in [-0.3, -0.25) is 0 Å². The van der Waals surface area contributed by atoms with E-state index < -0.39 is 32.3 Å². The van der Waals surface area contributed by atoms with Crippen LogP contribution in [0.25, 0.3) is 10.8 Å². The van der Waals surface area contributed by atoms with E-state index in [-0.39, 0.29) is 34.9 Å². The van der Waals surface area contributed by atoms with Crippen molar-refractivity contribution in [3.63, 3.8) is 0 Å². The zero-order chi connectivity index (χ0) is 20.6. The number of benzene rings is 3. The Morgan fingerprint density at radius 3 is 2.41 bits per heavy atom. The van der Waals surface area contributed by atoms with E-state index in [9.17, 15) is 28.0 Å². The number of aromatic carboxylic acids is 1. The second-order valence-corrected chi connectivity index (χ2v) is 7.59. The van der Waals surface area contributed by atoms with Gasteiger partial charge in [-0.15, -0.1) is 5.11 Å². The molecule has 0 amide bonds. The molecule has 0 aliphatic rings. The van der Waals surface area contributed by atoms with Gasteiger partial charge < -0.3 is 19.6 Å². The number of hydrogen-bond acceptors (Lipinski definition) is 8. The van der Waals surface area contributed by atoms with Gasteiger partial charge in [0.1, 0.15) is 15.8 Å². The molecule has 1 radical (unpaired) electrons. The third kappa shape index (κ3) is 4.58. The third-order valence-electron chi connectivity index (χ3n) is 3.96. The molecule has 3 aromatic rings. The van der Waals surface area contributed by atoms with E-state index in [1.54, 1.807) is 25.1 Å². The van der Waals surface area contributed by atoms with E-state index in [2.05, 4.69) is 10.2 Å². The Morgan fingerprint density at radius 1 is 1.14 bits per heavy atom. The molecule has 11 heteroatoms. The third-order valence-corrected chi connectivity index (χ3v) is 5.24. The number of fused-ring (bicyclic) bond motifs is 1. The van der Waals surface area contributed by atoms with Gasteiger partial charge >= 0.3 is 18.5 Å². The fraction of sp³-hybridized carbons (Fsp3) is 0.0556. The van der Waals surface area contributed by atoms with Crippen molar-refractivity contribution in [3.8, 4) is 5.75 Å². The minimum absolute atomic E-state index is 0. The topological polar surface area (TPSA) is 145 Å². The van der Waals surface area contributed by atoms with Crippen molar-refractivity contribution < 1.29 is 46.5 Å². The molecule has 149 valence electrons. The first kappa shape index (κ1) is 22.8. The van der Waals surface area contributed by atoms with Crippen molar-refractivity contribution in [2.24, 2.45) is 10.2 Å². The Labute approximate surface area is 182 Å². The predicted octanol–water partition coefficient (Wildman–Crippen LogP) is 2.67. The van der Waals surface area contributed by atoms with Crippen LogP contribution in [0.4, 0.5) is 11.4 Å². The van der Waals surface area contributed by atoms with Gasteiger partial charge in [-0.1, -0.05) is 41.6 Å². The Morgan fingerprint density at radius 2 is 1.79 bits per heavy atom. The first-order valence-electron chi connectivity index (χ1n) is 7.71. The number of carboxylic acid groups (broad SMARTS) is 1. The molecular formula is C18H11ClMnN2O6S. The number of hydrogen-bond donors (Lipinski definition) is 0. The molecule has 0 unspecified atom stereocenters. The maximum absolute atomic E-state index is 12.5. The molecule has 0 saturated carbocycles. The molecule has 0 fully saturated rings. The van der Waals surface area contributed by atoms with Gasteiger partial charge in [0.25, 0.3) is 0 Å². The average Bonchev–Trinajstić information content (AvgIpc) is 2.61. The first-order chi connectivity index (χ1) is 13.1. The van der Waals surface area contributed by atoms with Crippen LogP contribution >= 0.6 is 11.6 Å². The summed E-state index contributed by atoms with van der Waals surface area (Å²) in [4.78, 5) is 10.5. The van der Waals surface area contributed by atoms with E-state index in [4.69, 9.17) is 11.6 Å². The van der Waals surface area contributed by atoms with E-state index in [1.165, 1.54) is 12.1 Å². The van der Waals surface area contributed by atoms with Crippen molar-refractivity contribution >= 4 is 49.8 Å². The number of rotatable bonds is 4. The number of azo groups is 1. The second-order valence-electron chi connectivity index (χ2n) is 5.83. The minimum atomic E-state index is -4.92. The molecule has 0 aliphatic carbocycles. The average molecular weight is 474 g/mol. The molecule has 0 aliphatic heterocycles. The van der Waals surface area contributed by atoms with Gasteiger partial charge in [0.15, 0.2) is 0 Å². The van der Waals surface area contributed by atoms with Crippen LogP contribution in [0.2, 0.25) is 5.02 Å². The molecule has 0 aromatic heterocycles. The molecule has 0 spiro atoms. The zero-order valence-corrected chi connectivity index (χ0v) is 17.3. The van der Waals surface area contributed by atoms with Crippen LogP contribution in [0.1, 0.15) is 17.3 Å². The second kappa shape index (κ2) is 8.48. The summed E-state index contributed by atoms with van der Waals surface area (Å²) in [5.74, 6) is -2.63. The number of nitrogens with zero attached hydrogens (tertiary/aromatic N) is 2. The Hall–Kier alpha value is -2.49. The SMILES string of the molecule is Cc1cc(N=Nc2c([O-])c(C(=O)[O-])cc3ccccc23)c(S(=O)(=O)[O-])cc1Cl.[H+].[Mn+2]. The fourth-order valence-corrected chi connectivity index (χ4v) is 3.44. The minimum Gasteiger partial charge on any atom is -0.871 e. The molecule has 0 saturated heterocycles. The summed E-state index contributed by atoms with van der Waals surface area (Å²) in [6, 6.07) is 9.68. The summed E-state index contributed by atoms with van der Waals surface area (Å²) in [5, 5.41) is 32.0. The number of halogens is 1. The first-order valence-corrected chi connectivity index (χ1v) is 9.50. The van der Waals surface area contributed by atoms with E-state index >= 15 is 0 Å². The summed E-state index contributed by atoms with van der Waals surface area (Å²) in [5.41, 5.74) is -0.825. The van der Waals surface area contributed by atoms with Crippen LogP contribution in [0, 0.1) is 6.92 Å². The van der Waals surface area contributed by atoms with Gasteiger partial charge in [-0.25, -0.2) is 8.42 Å². The van der Waals surface area contributed by atoms with Gasteiger partial charge in [0.2, 0.25) is 0 Å². The maximum Gasteiger partial charge on any atom is 2.00 e. The van der Waals surface area contributed by atoms with Crippen molar-refractivity contribution in [1.82, 2.24) is 0 Å². The predicted molar refractivity (Wildman–Crippen MR) is 97.2 cm³/mol. The number of carbonyl (C=O) groups excluding carboxylic acids is 1. The van der Waals surface area contributed by atoms with Crippen LogP contribution in [-0.4, -0.2) is 18.9 Å². The van der Waals surface area contributed by atoms with Crippen LogP contribution in [0.15, 0.2) is 57.6 Å². The van der Waals surface area contributed by atoms with Gasteiger partial charge in [0.05, 0.1) is 16.6 Å². The molecule has 3 aromatic carbocycles. The van der Waals surface area contributed by atoms with Crippen LogP contribution in [-0.2, 0) is 27.2 Å². The van der Waals surface area contributed by atoms with Crippen molar-refractivity contribution in [2.75, 3.05) is 0 Å². The molecule has 3 rings (SSSR count). The molecule has 0 N–H and O–H groups in total. The Balaban J connectivity index is 0.00000225. The molecule has 0 atom stereocenters. The quantitative estimate of drug-likeness (QED) is 0.323. The van der Waals surface area contributed by atoms with E-state index in [0.29, 0.717) is 16.3 Å². The smallest absolute Gasteiger partial charge is 0.871 e. The molecule has 0 bridgehead atoms. The molecule has 8 nitrogen and oxygen atoms in total. The molecule has 0 heterocycles.